The molecule has 0 aromatic heterocycles. The van der Waals surface area contributed by atoms with Crippen LogP contribution in [0.4, 0.5) is 10.5 Å². The Morgan fingerprint density at radius 2 is 1.91 bits per heavy atom. The van der Waals surface area contributed by atoms with Gasteiger partial charge in [0.1, 0.15) is 5.60 Å². The lowest BCUT2D eigenvalue weighted by molar-refractivity contribution is -0.139. The van der Waals surface area contributed by atoms with E-state index in [2.05, 4.69) is 10.3 Å². The van der Waals surface area contributed by atoms with Crippen LogP contribution in [0.15, 0.2) is 29.3 Å². The quantitative estimate of drug-likeness (QED) is 0.895. The maximum Gasteiger partial charge on any atom is 0.412 e. The van der Waals surface area contributed by atoms with Gasteiger partial charge in [-0.1, -0.05) is 12.1 Å². The molecule has 0 saturated carbocycles. The number of hydrogen-bond donors (Lipinski definition) is 2. The second kappa shape index (κ2) is 6.81. The first-order chi connectivity index (χ1) is 10.8. The van der Waals surface area contributed by atoms with Gasteiger partial charge in [0, 0.05) is 12.2 Å². The van der Waals surface area contributed by atoms with Gasteiger partial charge >= 0.3 is 12.1 Å². The van der Waals surface area contributed by atoms with Crippen molar-refractivity contribution in [1.82, 2.24) is 0 Å². The van der Waals surface area contributed by atoms with E-state index >= 15 is 0 Å². The number of ether oxygens (including phenoxy) is 1. The number of aliphatic imine (C=N–C) groups is 1. The lowest BCUT2D eigenvalue weighted by Crippen LogP contribution is -2.28. The summed E-state index contributed by atoms with van der Waals surface area (Å²) in [5.74, 6) is -1.41. The van der Waals surface area contributed by atoms with Gasteiger partial charge in [0.2, 0.25) is 0 Å². The highest BCUT2D eigenvalue weighted by molar-refractivity contribution is 6.12. The summed E-state index contributed by atoms with van der Waals surface area (Å²) in [6.45, 7) is 6.03. The Hall–Kier alpha value is -2.37. The minimum Gasteiger partial charge on any atom is -0.481 e. The monoisotopic (exact) mass is 318 g/mol. The van der Waals surface area contributed by atoms with Crippen molar-refractivity contribution in [3.63, 3.8) is 0 Å². The topological polar surface area (TPSA) is 88.0 Å². The third kappa shape index (κ3) is 4.81. The van der Waals surface area contributed by atoms with E-state index < -0.39 is 23.6 Å². The van der Waals surface area contributed by atoms with Crippen LogP contribution in [-0.4, -0.2) is 35.0 Å². The molecule has 1 aromatic rings. The molecule has 2 N–H and O–H groups in total. The molecule has 1 unspecified atom stereocenters. The van der Waals surface area contributed by atoms with Crippen molar-refractivity contribution in [2.24, 2.45) is 10.9 Å². The first-order valence-corrected chi connectivity index (χ1v) is 7.64. The van der Waals surface area contributed by atoms with Crippen LogP contribution in [0.25, 0.3) is 0 Å². The van der Waals surface area contributed by atoms with E-state index in [-0.39, 0.29) is 0 Å². The predicted molar refractivity (Wildman–Crippen MR) is 88.1 cm³/mol. The van der Waals surface area contributed by atoms with Crippen LogP contribution in [0.2, 0.25) is 0 Å². The lowest BCUT2D eigenvalue weighted by Gasteiger charge is -2.21. The van der Waals surface area contributed by atoms with Crippen LogP contribution >= 0.6 is 0 Å². The summed E-state index contributed by atoms with van der Waals surface area (Å²) in [4.78, 5) is 27.4. The van der Waals surface area contributed by atoms with Gasteiger partial charge < -0.3 is 9.84 Å². The fraction of sp³-hybridized carbons (Fsp3) is 0.471. The number of anilines is 1. The zero-order valence-corrected chi connectivity index (χ0v) is 13.6. The van der Waals surface area contributed by atoms with Crippen molar-refractivity contribution in [3.8, 4) is 0 Å². The second-order valence-corrected chi connectivity index (χ2v) is 6.50. The highest BCUT2D eigenvalue weighted by atomic mass is 16.6. The standard InChI is InChI=1S/C17H22N2O4/c1-17(2,3)23-16(22)19-12-8-6-11(7-9-12)14-13(15(20)21)5-4-10-18-14/h6-9,13H,4-5,10H2,1-3H3,(H,19,22)(H,20,21). The molecule has 23 heavy (non-hydrogen) atoms. The smallest absolute Gasteiger partial charge is 0.412 e. The predicted octanol–water partition coefficient (Wildman–Crippen LogP) is 3.32. The molecule has 1 heterocycles. The van der Waals surface area contributed by atoms with E-state index in [0.717, 1.165) is 12.0 Å². The molecule has 6 nitrogen and oxygen atoms in total. The Morgan fingerprint density at radius 3 is 2.48 bits per heavy atom. The first kappa shape index (κ1) is 17.0. The molecular weight excluding hydrogens is 296 g/mol. The van der Waals surface area contributed by atoms with Crippen LogP contribution in [0, 0.1) is 5.92 Å². The molecule has 1 aliphatic heterocycles. The third-order valence-corrected chi connectivity index (χ3v) is 3.39. The summed E-state index contributed by atoms with van der Waals surface area (Å²) < 4.78 is 5.19. The molecule has 6 heteroatoms. The highest BCUT2D eigenvalue weighted by Gasteiger charge is 2.27. The number of carbonyl (C=O) groups excluding carboxylic acids is 1. The van der Waals surface area contributed by atoms with Crippen molar-refractivity contribution in [3.05, 3.63) is 29.8 Å². The number of rotatable bonds is 3. The SMILES string of the molecule is CC(C)(C)OC(=O)Nc1ccc(C2=NCCCC2C(=O)O)cc1. The van der Waals surface area contributed by atoms with E-state index in [1.54, 1.807) is 45.0 Å². The number of amides is 1. The molecular formula is C17H22N2O4. The van der Waals surface area contributed by atoms with E-state index in [4.69, 9.17) is 4.74 Å². The largest absolute Gasteiger partial charge is 0.481 e. The average Bonchev–Trinajstić information content (AvgIpc) is 2.46. The zero-order chi connectivity index (χ0) is 17.0. The van der Waals surface area contributed by atoms with Gasteiger partial charge in [-0.15, -0.1) is 0 Å². The fourth-order valence-electron chi connectivity index (χ4n) is 2.42. The summed E-state index contributed by atoms with van der Waals surface area (Å²) in [6, 6.07) is 6.98. The molecule has 0 spiro atoms. The Labute approximate surface area is 135 Å². The summed E-state index contributed by atoms with van der Waals surface area (Å²) >= 11 is 0. The van der Waals surface area contributed by atoms with Crippen LogP contribution in [-0.2, 0) is 9.53 Å². The summed E-state index contributed by atoms with van der Waals surface area (Å²) in [7, 11) is 0. The van der Waals surface area contributed by atoms with Crippen molar-refractivity contribution < 1.29 is 19.4 Å². The number of hydrogen-bond acceptors (Lipinski definition) is 4. The molecule has 0 aliphatic carbocycles. The molecule has 1 atom stereocenters. The molecule has 1 amide bonds. The Kier molecular flexibility index (Phi) is 5.03. The Bertz CT molecular complexity index is 614. The first-order valence-electron chi connectivity index (χ1n) is 7.64. The van der Waals surface area contributed by atoms with Gasteiger partial charge in [-0.3, -0.25) is 15.1 Å². The van der Waals surface area contributed by atoms with E-state index in [9.17, 15) is 14.7 Å². The van der Waals surface area contributed by atoms with Gasteiger partial charge in [0.05, 0.1) is 11.6 Å². The number of benzene rings is 1. The summed E-state index contributed by atoms with van der Waals surface area (Å²) in [5.41, 5.74) is 1.40. The van der Waals surface area contributed by atoms with Gasteiger partial charge in [-0.25, -0.2) is 4.79 Å². The van der Waals surface area contributed by atoms with Crippen LogP contribution < -0.4 is 5.32 Å². The second-order valence-electron chi connectivity index (χ2n) is 6.50. The van der Waals surface area contributed by atoms with Crippen LogP contribution in [0.1, 0.15) is 39.2 Å². The Balaban J connectivity index is 2.09. The number of aliphatic carboxylic acids is 1. The fourth-order valence-corrected chi connectivity index (χ4v) is 2.42. The van der Waals surface area contributed by atoms with Gasteiger partial charge in [-0.2, -0.15) is 0 Å². The minimum atomic E-state index is -0.848. The highest BCUT2D eigenvalue weighted by Crippen LogP contribution is 2.22. The maximum absolute atomic E-state index is 11.7. The lowest BCUT2D eigenvalue weighted by atomic mass is 9.90. The molecule has 0 bridgehead atoms. The molecule has 124 valence electrons. The number of carbonyl (C=O) groups is 2. The summed E-state index contributed by atoms with van der Waals surface area (Å²) in [6.07, 6.45) is 0.869. The third-order valence-electron chi connectivity index (χ3n) is 3.39. The number of carboxylic acids is 1. The molecule has 0 radical (unpaired) electrons. The zero-order valence-electron chi connectivity index (χ0n) is 13.6. The van der Waals surface area contributed by atoms with Gasteiger partial charge in [0.25, 0.3) is 0 Å². The van der Waals surface area contributed by atoms with Crippen molar-refractivity contribution >= 4 is 23.5 Å². The van der Waals surface area contributed by atoms with Crippen LogP contribution in [0.3, 0.4) is 0 Å². The van der Waals surface area contributed by atoms with Gasteiger partial charge in [-0.05, 0) is 51.3 Å². The number of carboxylic acid groups (broad SMARTS) is 1. The van der Waals surface area contributed by atoms with E-state index in [1.807, 2.05) is 0 Å². The van der Waals surface area contributed by atoms with E-state index in [0.29, 0.717) is 24.4 Å². The molecule has 1 aliphatic rings. The maximum atomic E-state index is 11.7. The number of nitrogens with one attached hydrogen (secondary N) is 1. The molecule has 0 fully saturated rings. The number of nitrogens with zero attached hydrogens (tertiary/aromatic N) is 1. The van der Waals surface area contributed by atoms with E-state index in [1.165, 1.54) is 0 Å². The van der Waals surface area contributed by atoms with Crippen molar-refractivity contribution in [2.75, 3.05) is 11.9 Å². The molecule has 0 saturated heterocycles. The van der Waals surface area contributed by atoms with Crippen molar-refractivity contribution in [2.45, 2.75) is 39.2 Å². The molecule has 1 aromatic carbocycles. The van der Waals surface area contributed by atoms with Crippen molar-refractivity contribution in [1.29, 1.82) is 0 Å². The van der Waals surface area contributed by atoms with Gasteiger partial charge in [0.15, 0.2) is 0 Å². The summed E-state index contributed by atoms with van der Waals surface area (Å²) in [5, 5.41) is 11.9. The average molecular weight is 318 g/mol. The minimum absolute atomic E-state index is 0.524. The molecule has 2 rings (SSSR count). The normalized spacial score (nSPS) is 18.0. The Morgan fingerprint density at radius 1 is 1.26 bits per heavy atom. The van der Waals surface area contributed by atoms with Crippen LogP contribution in [0.5, 0.6) is 0 Å².